The summed E-state index contributed by atoms with van der Waals surface area (Å²) in [4.78, 5) is 18.3. The highest BCUT2D eigenvalue weighted by molar-refractivity contribution is 5.74. The van der Waals surface area contributed by atoms with Gasteiger partial charge in [-0.3, -0.25) is 4.79 Å². The topological polar surface area (TPSA) is 51.7 Å². The average Bonchev–Trinajstić information content (AvgIpc) is 3.11. The smallest absolute Gasteiger partial charge is 0.310 e. The molecule has 0 aliphatic carbocycles. The molecule has 0 bridgehead atoms. The van der Waals surface area contributed by atoms with E-state index in [1.807, 2.05) is 48.5 Å². The molecule has 0 spiro atoms. The number of anilines is 1. The molecule has 1 aliphatic heterocycles. The first-order chi connectivity index (χ1) is 11.3. The van der Waals surface area contributed by atoms with Crippen LogP contribution in [0.25, 0.3) is 0 Å². The molecule has 5 nitrogen and oxygen atoms in total. The highest BCUT2D eigenvalue weighted by Crippen LogP contribution is 2.24. The maximum absolute atomic E-state index is 11.6. The van der Waals surface area contributed by atoms with Crippen molar-refractivity contribution in [1.29, 1.82) is 0 Å². The maximum atomic E-state index is 11.6. The van der Waals surface area contributed by atoms with Crippen LogP contribution in [0.2, 0.25) is 0 Å². The molecule has 0 saturated carbocycles. The van der Waals surface area contributed by atoms with E-state index in [4.69, 9.17) is 9.47 Å². The Hall–Kier alpha value is -2.56. The molecule has 2 heterocycles. The van der Waals surface area contributed by atoms with Gasteiger partial charge in [0.2, 0.25) is 5.88 Å². The Morgan fingerprint density at radius 3 is 2.83 bits per heavy atom. The zero-order valence-electron chi connectivity index (χ0n) is 13.1. The number of pyridine rings is 1. The highest BCUT2D eigenvalue weighted by atomic mass is 16.5. The molecule has 0 N–H and O–H groups in total. The average molecular weight is 312 g/mol. The van der Waals surface area contributed by atoms with Crippen molar-refractivity contribution in [1.82, 2.24) is 4.98 Å². The summed E-state index contributed by atoms with van der Waals surface area (Å²) >= 11 is 0. The van der Waals surface area contributed by atoms with Gasteiger partial charge in [-0.25, -0.2) is 0 Å². The van der Waals surface area contributed by atoms with Gasteiger partial charge in [-0.15, -0.1) is 0 Å². The van der Waals surface area contributed by atoms with Gasteiger partial charge in [0.1, 0.15) is 12.4 Å². The number of esters is 1. The first-order valence-corrected chi connectivity index (χ1v) is 7.73. The number of hydrogen-bond acceptors (Lipinski definition) is 5. The summed E-state index contributed by atoms with van der Waals surface area (Å²) in [5, 5.41) is 0. The van der Waals surface area contributed by atoms with Gasteiger partial charge < -0.3 is 14.4 Å². The van der Waals surface area contributed by atoms with Gasteiger partial charge in [0.05, 0.1) is 13.0 Å². The van der Waals surface area contributed by atoms with Crippen LogP contribution in [0.3, 0.4) is 0 Å². The molecule has 1 aromatic carbocycles. The third-order valence-electron chi connectivity index (χ3n) is 3.99. The highest BCUT2D eigenvalue weighted by Gasteiger charge is 2.29. The summed E-state index contributed by atoms with van der Waals surface area (Å²) in [6.07, 6.45) is 0.795. The molecule has 2 aromatic rings. The summed E-state index contributed by atoms with van der Waals surface area (Å²) < 4.78 is 10.6. The van der Waals surface area contributed by atoms with E-state index in [9.17, 15) is 4.79 Å². The van der Waals surface area contributed by atoms with Crippen molar-refractivity contribution in [2.45, 2.75) is 13.0 Å². The standard InChI is InChI=1S/C18H20N2O3/c1-22-18(21)15-10-11-20(12-15)16-8-5-9-17(19-16)23-13-14-6-3-2-4-7-14/h2-9,15H,10-13H2,1H3. The summed E-state index contributed by atoms with van der Waals surface area (Å²) in [5.41, 5.74) is 1.10. The third-order valence-corrected chi connectivity index (χ3v) is 3.99. The summed E-state index contributed by atoms with van der Waals surface area (Å²) in [7, 11) is 1.43. The van der Waals surface area contributed by atoms with Crippen molar-refractivity contribution in [3.05, 3.63) is 54.1 Å². The van der Waals surface area contributed by atoms with E-state index in [2.05, 4.69) is 9.88 Å². The lowest BCUT2D eigenvalue weighted by Crippen LogP contribution is -2.24. The molecule has 0 radical (unpaired) electrons. The van der Waals surface area contributed by atoms with Gasteiger partial charge in [-0.05, 0) is 18.1 Å². The zero-order valence-corrected chi connectivity index (χ0v) is 13.1. The predicted molar refractivity (Wildman–Crippen MR) is 87.3 cm³/mol. The second-order valence-corrected chi connectivity index (χ2v) is 5.56. The molecule has 1 unspecified atom stereocenters. The largest absolute Gasteiger partial charge is 0.473 e. The number of nitrogens with zero attached hydrogens (tertiary/aromatic N) is 2. The quantitative estimate of drug-likeness (QED) is 0.795. The van der Waals surface area contributed by atoms with Crippen LogP contribution in [0.1, 0.15) is 12.0 Å². The van der Waals surface area contributed by atoms with Crippen molar-refractivity contribution in [3.8, 4) is 5.88 Å². The second-order valence-electron chi connectivity index (χ2n) is 5.56. The Bertz CT molecular complexity index is 660. The number of methoxy groups -OCH3 is 1. The molecule has 1 fully saturated rings. The van der Waals surface area contributed by atoms with Gasteiger partial charge >= 0.3 is 5.97 Å². The van der Waals surface area contributed by atoms with E-state index in [1.165, 1.54) is 7.11 Å². The van der Waals surface area contributed by atoms with Crippen molar-refractivity contribution < 1.29 is 14.3 Å². The van der Waals surface area contributed by atoms with Crippen LogP contribution >= 0.6 is 0 Å². The van der Waals surface area contributed by atoms with Crippen LogP contribution < -0.4 is 9.64 Å². The monoisotopic (exact) mass is 312 g/mol. The van der Waals surface area contributed by atoms with E-state index in [0.717, 1.165) is 24.3 Å². The molecule has 23 heavy (non-hydrogen) atoms. The van der Waals surface area contributed by atoms with E-state index >= 15 is 0 Å². The van der Waals surface area contributed by atoms with Crippen LogP contribution in [-0.4, -0.2) is 31.2 Å². The predicted octanol–water partition coefficient (Wildman–Crippen LogP) is 2.66. The molecule has 120 valence electrons. The number of benzene rings is 1. The van der Waals surface area contributed by atoms with Crippen molar-refractivity contribution in [2.24, 2.45) is 5.92 Å². The molecule has 3 rings (SSSR count). The summed E-state index contributed by atoms with van der Waals surface area (Å²) in [5.74, 6) is 1.20. The first-order valence-electron chi connectivity index (χ1n) is 7.73. The first kappa shape index (κ1) is 15.3. The van der Waals surface area contributed by atoms with E-state index in [-0.39, 0.29) is 11.9 Å². The maximum Gasteiger partial charge on any atom is 0.310 e. The fraction of sp³-hybridized carbons (Fsp3) is 0.333. The minimum absolute atomic E-state index is 0.0734. The van der Waals surface area contributed by atoms with E-state index in [1.54, 1.807) is 0 Å². The van der Waals surface area contributed by atoms with Crippen molar-refractivity contribution in [3.63, 3.8) is 0 Å². The Labute approximate surface area is 135 Å². The number of aromatic nitrogens is 1. The van der Waals surface area contributed by atoms with Gasteiger partial charge in [0.15, 0.2) is 0 Å². The number of ether oxygens (including phenoxy) is 2. The Kier molecular flexibility index (Phi) is 4.76. The van der Waals surface area contributed by atoms with Crippen LogP contribution in [0, 0.1) is 5.92 Å². The van der Waals surface area contributed by atoms with Crippen LogP contribution in [-0.2, 0) is 16.1 Å². The summed E-state index contributed by atoms with van der Waals surface area (Å²) in [6.45, 7) is 1.93. The van der Waals surface area contributed by atoms with E-state index in [0.29, 0.717) is 19.0 Å². The Morgan fingerprint density at radius 1 is 1.22 bits per heavy atom. The number of hydrogen-bond donors (Lipinski definition) is 0. The molecule has 5 heteroatoms. The van der Waals surface area contributed by atoms with Gasteiger partial charge in [0.25, 0.3) is 0 Å². The number of rotatable bonds is 5. The normalized spacial score (nSPS) is 17.1. The van der Waals surface area contributed by atoms with Gasteiger partial charge in [-0.2, -0.15) is 4.98 Å². The lowest BCUT2D eigenvalue weighted by molar-refractivity contribution is -0.144. The molecule has 1 aromatic heterocycles. The van der Waals surface area contributed by atoms with E-state index < -0.39 is 0 Å². The summed E-state index contributed by atoms with van der Waals surface area (Å²) in [6, 6.07) is 15.7. The molecule has 1 saturated heterocycles. The Balaban J connectivity index is 1.63. The van der Waals surface area contributed by atoms with Gasteiger partial charge in [0, 0.05) is 19.2 Å². The third kappa shape index (κ3) is 3.80. The Morgan fingerprint density at radius 2 is 2.04 bits per heavy atom. The fourth-order valence-corrected chi connectivity index (χ4v) is 2.72. The van der Waals surface area contributed by atoms with Crippen molar-refractivity contribution in [2.75, 3.05) is 25.1 Å². The second kappa shape index (κ2) is 7.13. The fourth-order valence-electron chi connectivity index (χ4n) is 2.72. The lowest BCUT2D eigenvalue weighted by atomic mass is 10.1. The zero-order chi connectivity index (χ0) is 16.1. The number of carbonyl (C=O) groups is 1. The molecule has 1 atom stereocenters. The van der Waals surface area contributed by atoms with Crippen LogP contribution in [0.15, 0.2) is 48.5 Å². The van der Waals surface area contributed by atoms with Gasteiger partial charge in [-0.1, -0.05) is 36.4 Å². The number of carbonyl (C=O) groups excluding carboxylic acids is 1. The van der Waals surface area contributed by atoms with Crippen LogP contribution in [0.4, 0.5) is 5.82 Å². The minimum Gasteiger partial charge on any atom is -0.473 e. The van der Waals surface area contributed by atoms with Crippen LogP contribution in [0.5, 0.6) is 5.88 Å². The van der Waals surface area contributed by atoms with Crippen molar-refractivity contribution >= 4 is 11.8 Å². The molecular weight excluding hydrogens is 292 g/mol. The SMILES string of the molecule is COC(=O)C1CCN(c2cccc(OCc3ccccc3)n2)C1. The molecular formula is C18H20N2O3. The minimum atomic E-state index is -0.149. The lowest BCUT2D eigenvalue weighted by Gasteiger charge is -2.17. The molecule has 1 aliphatic rings. The molecule has 0 amide bonds.